The van der Waals surface area contributed by atoms with Crippen LogP contribution in [-0.4, -0.2) is 17.6 Å². The van der Waals surface area contributed by atoms with Crippen LogP contribution in [0.2, 0.25) is 0 Å². The Morgan fingerprint density at radius 1 is 0.947 bits per heavy atom. The molecule has 2 aromatic rings. The number of carboxylic acids is 1. The molecule has 0 unspecified atom stereocenters. The lowest BCUT2D eigenvalue weighted by molar-refractivity contribution is -0.134. The van der Waals surface area contributed by atoms with Crippen molar-refractivity contribution < 1.29 is 9.90 Å². The first kappa shape index (κ1) is 12.8. The number of hydrogen-bond donors (Lipinski definition) is 2. The Morgan fingerprint density at radius 3 is 2.11 bits per heavy atom. The van der Waals surface area contributed by atoms with Crippen molar-refractivity contribution in [2.45, 2.75) is 0 Å². The number of rotatable bonds is 5. The maximum absolute atomic E-state index is 10.4. The van der Waals surface area contributed by atoms with Crippen molar-refractivity contribution in [2.24, 2.45) is 10.2 Å². The summed E-state index contributed by atoms with van der Waals surface area (Å²) in [6.45, 7) is -0.106. The average molecular weight is 255 g/mol. The van der Waals surface area contributed by atoms with Crippen LogP contribution < -0.4 is 5.32 Å². The van der Waals surface area contributed by atoms with Crippen LogP contribution >= 0.6 is 0 Å². The van der Waals surface area contributed by atoms with E-state index in [0.29, 0.717) is 5.69 Å². The topological polar surface area (TPSA) is 74.0 Å². The van der Waals surface area contributed by atoms with Gasteiger partial charge in [0.1, 0.15) is 6.54 Å². The molecule has 19 heavy (non-hydrogen) atoms. The second-order valence-electron chi connectivity index (χ2n) is 3.83. The summed E-state index contributed by atoms with van der Waals surface area (Å²) in [5.41, 5.74) is 2.24. The summed E-state index contributed by atoms with van der Waals surface area (Å²) < 4.78 is 0. The fourth-order valence-corrected chi connectivity index (χ4v) is 1.43. The zero-order valence-corrected chi connectivity index (χ0v) is 10.2. The van der Waals surface area contributed by atoms with Gasteiger partial charge in [0.15, 0.2) is 0 Å². The molecule has 2 N–H and O–H groups in total. The number of nitrogens with zero attached hydrogens (tertiary/aromatic N) is 2. The van der Waals surface area contributed by atoms with Crippen LogP contribution in [0.1, 0.15) is 0 Å². The molecular formula is C14H13N3O2. The van der Waals surface area contributed by atoms with E-state index in [9.17, 15) is 4.79 Å². The summed E-state index contributed by atoms with van der Waals surface area (Å²) in [7, 11) is 0. The van der Waals surface area contributed by atoms with Gasteiger partial charge in [-0.05, 0) is 36.4 Å². The van der Waals surface area contributed by atoms with Crippen LogP contribution in [0.5, 0.6) is 0 Å². The summed E-state index contributed by atoms with van der Waals surface area (Å²) in [6.07, 6.45) is 0. The van der Waals surface area contributed by atoms with Crippen LogP contribution in [0, 0.1) is 0 Å². The number of carboxylic acid groups (broad SMARTS) is 1. The van der Waals surface area contributed by atoms with Crippen LogP contribution in [0.15, 0.2) is 64.8 Å². The molecule has 0 amide bonds. The molecule has 0 atom stereocenters. The minimum absolute atomic E-state index is 0.106. The minimum Gasteiger partial charge on any atom is -0.480 e. The molecular weight excluding hydrogens is 242 g/mol. The van der Waals surface area contributed by atoms with Crippen LogP contribution in [0.3, 0.4) is 0 Å². The normalized spacial score (nSPS) is 10.5. The number of hydrogen-bond acceptors (Lipinski definition) is 4. The molecule has 0 saturated carbocycles. The second-order valence-corrected chi connectivity index (χ2v) is 3.83. The molecule has 0 aliphatic rings. The lowest BCUT2D eigenvalue weighted by atomic mass is 10.3. The van der Waals surface area contributed by atoms with Gasteiger partial charge in [0.25, 0.3) is 0 Å². The first-order chi connectivity index (χ1) is 9.24. The molecule has 96 valence electrons. The zero-order valence-electron chi connectivity index (χ0n) is 10.2. The van der Waals surface area contributed by atoms with Crippen molar-refractivity contribution in [1.82, 2.24) is 0 Å². The molecule has 0 fully saturated rings. The van der Waals surface area contributed by atoms with Gasteiger partial charge in [-0.15, -0.1) is 0 Å². The van der Waals surface area contributed by atoms with Gasteiger partial charge in [-0.2, -0.15) is 10.2 Å². The number of aliphatic carboxylic acids is 1. The highest BCUT2D eigenvalue weighted by molar-refractivity contribution is 5.72. The quantitative estimate of drug-likeness (QED) is 0.801. The third-order valence-electron chi connectivity index (χ3n) is 2.35. The van der Waals surface area contributed by atoms with Gasteiger partial charge in [-0.3, -0.25) is 4.79 Å². The highest BCUT2D eigenvalue weighted by Crippen LogP contribution is 2.19. The fraction of sp³-hybridized carbons (Fsp3) is 0.0714. The van der Waals surface area contributed by atoms with E-state index in [0.717, 1.165) is 11.4 Å². The SMILES string of the molecule is O=C(O)CNc1ccc(N=Nc2ccccc2)cc1. The van der Waals surface area contributed by atoms with E-state index >= 15 is 0 Å². The van der Waals surface area contributed by atoms with Gasteiger partial charge in [0.2, 0.25) is 0 Å². The Kier molecular flexibility index (Phi) is 4.23. The highest BCUT2D eigenvalue weighted by atomic mass is 16.4. The van der Waals surface area contributed by atoms with Crippen molar-refractivity contribution in [2.75, 3.05) is 11.9 Å². The monoisotopic (exact) mass is 255 g/mol. The number of nitrogens with one attached hydrogen (secondary N) is 1. The van der Waals surface area contributed by atoms with Crippen molar-refractivity contribution in [3.05, 3.63) is 54.6 Å². The first-order valence-corrected chi connectivity index (χ1v) is 5.76. The predicted molar refractivity (Wildman–Crippen MR) is 73.2 cm³/mol. The molecule has 2 aromatic carbocycles. The summed E-state index contributed by atoms with van der Waals surface area (Å²) in [5.74, 6) is -0.896. The maximum atomic E-state index is 10.4. The van der Waals surface area contributed by atoms with E-state index < -0.39 is 5.97 Å². The minimum atomic E-state index is -0.896. The number of benzene rings is 2. The van der Waals surface area contributed by atoms with Gasteiger partial charge in [0, 0.05) is 5.69 Å². The first-order valence-electron chi connectivity index (χ1n) is 5.76. The Hall–Kier alpha value is -2.69. The average Bonchev–Trinajstić information content (AvgIpc) is 2.45. The highest BCUT2D eigenvalue weighted by Gasteiger charge is 1.97. The largest absolute Gasteiger partial charge is 0.480 e. The van der Waals surface area contributed by atoms with Crippen molar-refractivity contribution >= 4 is 23.0 Å². The Labute approximate surface area is 110 Å². The lowest BCUT2D eigenvalue weighted by Gasteiger charge is -2.02. The smallest absolute Gasteiger partial charge is 0.322 e. The Morgan fingerprint density at radius 2 is 1.53 bits per heavy atom. The van der Waals surface area contributed by atoms with E-state index in [4.69, 9.17) is 5.11 Å². The number of carbonyl (C=O) groups is 1. The van der Waals surface area contributed by atoms with Crippen molar-refractivity contribution in [1.29, 1.82) is 0 Å². The zero-order chi connectivity index (χ0) is 13.5. The van der Waals surface area contributed by atoms with Crippen LogP contribution in [-0.2, 0) is 4.79 Å². The molecule has 0 heterocycles. The Bertz CT molecular complexity index is 565. The summed E-state index contributed by atoms with van der Waals surface area (Å²) in [6, 6.07) is 16.5. The van der Waals surface area contributed by atoms with Crippen LogP contribution in [0.4, 0.5) is 17.1 Å². The van der Waals surface area contributed by atoms with Gasteiger partial charge >= 0.3 is 5.97 Å². The standard InChI is InChI=1S/C14H13N3O2/c18-14(19)10-15-11-6-8-13(9-7-11)17-16-12-4-2-1-3-5-12/h1-9,15H,10H2,(H,18,19). The summed E-state index contributed by atoms with van der Waals surface area (Å²) in [4.78, 5) is 10.4. The molecule has 0 aliphatic carbocycles. The number of azo groups is 1. The third kappa shape index (κ3) is 4.23. The fourth-order valence-electron chi connectivity index (χ4n) is 1.43. The molecule has 0 spiro atoms. The lowest BCUT2D eigenvalue weighted by Crippen LogP contribution is -2.11. The van der Waals surface area contributed by atoms with Crippen LogP contribution in [0.25, 0.3) is 0 Å². The predicted octanol–water partition coefficient (Wildman–Crippen LogP) is 3.60. The van der Waals surface area contributed by atoms with E-state index in [1.165, 1.54) is 0 Å². The van der Waals surface area contributed by atoms with E-state index in [2.05, 4.69) is 15.5 Å². The molecule has 5 heteroatoms. The number of anilines is 1. The Balaban J connectivity index is 1.99. The molecule has 0 radical (unpaired) electrons. The van der Waals surface area contributed by atoms with Gasteiger partial charge in [0.05, 0.1) is 11.4 Å². The molecule has 0 bridgehead atoms. The summed E-state index contributed by atoms with van der Waals surface area (Å²) >= 11 is 0. The summed E-state index contributed by atoms with van der Waals surface area (Å²) in [5, 5.41) is 19.5. The molecule has 0 aliphatic heterocycles. The van der Waals surface area contributed by atoms with Crippen molar-refractivity contribution in [3.8, 4) is 0 Å². The van der Waals surface area contributed by atoms with Gasteiger partial charge < -0.3 is 10.4 Å². The second kappa shape index (κ2) is 6.30. The maximum Gasteiger partial charge on any atom is 0.322 e. The van der Waals surface area contributed by atoms with Gasteiger partial charge in [-0.25, -0.2) is 0 Å². The molecule has 0 saturated heterocycles. The molecule has 0 aromatic heterocycles. The van der Waals surface area contributed by atoms with Crippen molar-refractivity contribution in [3.63, 3.8) is 0 Å². The van der Waals surface area contributed by atoms with Gasteiger partial charge in [-0.1, -0.05) is 18.2 Å². The van der Waals surface area contributed by atoms with E-state index in [1.807, 2.05) is 30.3 Å². The third-order valence-corrected chi connectivity index (χ3v) is 2.35. The van der Waals surface area contributed by atoms with E-state index in [-0.39, 0.29) is 6.54 Å². The molecule has 2 rings (SSSR count). The van der Waals surface area contributed by atoms with E-state index in [1.54, 1.807) is 24.3 Å². The molecule has 5 nitrogen and oxygen atoms in total.